The molecule has 90 valence electrons. The molecule has 0 amide bonds. The number of pyridine rings is 1. The lowest BCUT2D eigenvalue weighted by Gasteiger charge is -1.88. The molecule has 4 aromatic rings. The van der Waals surface area contributed by atoms with Gasteiger partial charge in [-0.1, -0.05) is 12.1 Å². The van der Waals surface area contributed by atoms with Crippen LogP contribution in [0.2, 0.25) is 0 Å². The highest BCUT2D eigenvalue weighted by atomic mass is 16.4. The molecular weight excluding hydrogens is 240 g/mol. The summed E-state index contributed by atoms with van der Waals surface area (Å²) in [6.45, 7) is 0.755. The van der Waals surface area contributed by atoms with Gasteiger partial charge in [-0.3, -0.25) is 0 Å². The third-order valence-corrected chi connectivity index (χ3v) is 3.64. The van der Waals surface area contributed by atoms with Gasteiger partial charge in [0.05, 0.1) is 10.9 Å². The lowest BCUT2D eigenvalue weighted by Crippen LogP contribution is -2.30. The molecule has 0 atom stereocenters. The predicted molar refractivity (Wildman–Crippen MR) is 68.5 cm³/mol. The Bertz CT molecular complexity index is 949. The maximum Gasteiger partial charge on any atom is 0.422 e. The fraction of sp³-hybridized carbons (Fsp3) is 0.0667. The number of oxazole rings is 1. The summed E-state index contributed by atoms with van der Waals surface area (Å²) in [5.41, 5.74) is 4.54. The van der Waals surface area contributed by atoms with E-state index in [1.165, 1.54) is 5.56 Å². The van der Waals surface area contributed by atoms with Crippen molar-refractivity contribution >= 4 is 22.3 Å². The van der Waals surface area contributed by atoms with Crippen LogP contribution in [0.15, 0.2) is 51.4 Å². The first kappa shape index (κ1) is 9.33. The molecule has 1 aliphatic heterocycles. The topological polar surface area (TPSA) is 43.0 Å². The number of furan rings is 1. The van der Waals surface area contributed by atoms with Gasteiger partial charge in [0.15, 0.2) is 12.2 Å². The molecule has 0 radical (unpaired) electrons. The second-order valence-electron chi connectivity index (χ2n) is 4.74. The number of hydrogen-bond donors (Lipinski definition) is 0. The molecule has 0 fully saturated rings. The van der Waals surface area contributed by atoms with E-state index >= 15 is 0 Å². The minimum absolute atomic E-state index is 0.755. The summed E-state index contributed by atoms with van der Waals surface area (Å²) in [6, 6.07) is 11.9. The van der Waals surface area contributed by atoms with Crippen molar-refractivity contribution in [1.82, 2.24) is 4.98 Å². The molecule has 0 bridgehead atoms. The van der Waals surface area contributed by atoms with Crippen molar-refractivity contribution in [3.05, 3.63) is 48.2 Å². The van der Waals surface area contributed by atoms with Gasteiger partial charge in [0.1, 0.15) is 5.58 Å². The van der Waals surface area contributed by atoms with E-state index in [2.05, 4.69) is 11.1 Å². The summed E-state index contributed by atoms with van der Waals surface area (Å²) in [5.74, 6) is 0.787. The highest BCUT2D eigenvalue weighted by Gasteiger charge is 2.37. The lowest BCUT2D eigenvalue weighted by atomic mass is 10.2. The third kappa shape index (κ3) is 1.04. The van der Waals surface area contributed by atoms with E-state index in [-0.39, 0.29) is 0 Å². The van der Waals surface area contributed by atoms with Crippen molar-refractivity contribution < 1.29 is 13.4 Å². The molecule has 5 rings (SSSR count). The van der Waals surface area contributed by atoms with Crippen LogP contribution in [-0.4, -0.2) is 4.98 Å². The van der Waals surface area contributed by atoms with Crippen LogP contribution >= 0.6 is 0 Å². The first-order chi connectivity index (χ1) is 9.42. The molecule has 4 nitrogen and oxygen atoms in total. The average molecular weight is 249 g/mol. The van der Waals surface area contributed by atoms with E-state index in [0.29, 0.717) is 0 Å². The first-order valence-corrected chi connectivity index (χ1v) is 6.20. The molecule has 0 saturated carbocycles. The largest absolute Gasteiger partial charge is 0.422 e. The Hall–Kier alpha value is -2.62. The van der Waals surface area contributed by atoms with Crippen molar-refractivity contribution in [2.75, 3.05) is 0 Å². The predicted octanol–water partition coefficient (Wildman–Crippen LogP) is 2.89. The van der Waals surface area contributed by atoms with Gasteiger partial charge in [0.2, 0.25) is 0 Å². The molecular formula is C15H9N2O2+. The molecule has 0 saturated heterocycles. The van der Waals surface area contributed by atoms with Crippen molar-refractivity contribution in [3.63, 3.8) is 0 Å². The molecule has 1 aliphatic rings. The molecule has 0 N–H and O–H groups in total. The van der Waals surface area contributed by atoms with Gasteiger partial charge in [-0.15, -0.1) is 4.57 Å². The Morgan fingerprint density at radius 2 is 2.00 bits per heavy atom. The Labute approximate surface area is 107 Å². The zero-order valence-corrected chi connectivity index (χ0v) is 9.96. The van der Waals surface area contributed by atoms with Crippen LogP contribution in [0.25, 0.3) is 33.9 Å². The van der Waals surface area contributed by atoms with Gasteiger partial charge in [-0.05, 0) is 24.3 Å². The molecule has 4 heteroatoms. The zero-order valence-electron chi connectivity index (χ0n) is 9.96. The monoisotopic (exact) mass is 249 g/mol. The maximum absolute atomic E-state index is 6.00. The van der Waals surface area contributed by atoms with Crippen molar-refractivity contribution in [3.8, 4) is 11.6 Å². The average Bonchev–Trinajstić information content (AvgIpc) is 3.07. The molecule has 1 aromatic carbocycles. The first-order valence-electron chi connectivity index (χ1n) is 6.20. The van der Waals surface area contributed by atoms with E-state index in [1.54, 1.807) is 6.20 Å². The van der Waals surface area contributed by atoms with E-state index in [4.69, 9.17) is 8.83 Å². The number of aromatic nitrogens is 2. The molecule has 0 unspecified atom stereocenters. The van der Waals surface area contributed by atoms with E-state index in [9.17, 15) is 0 Å². The van der Waals surface area contributed by atoms with E-state index in [1.807, 2.05) is 34.9 Å². The number of para-hydroxylation sites is 1. The van der Waals surface area contributed by atoms with Gasteiger partial charge >= 0.3 is 11.6 Å². The van der Waals surface area contributed by atoms with Crippen molar-refractivity contribution in [2.24, 2.45) is 0 Å². The fourth-order valence-corrected chi connectivity index (χ4v) is 2.78. The number of rotatable bonds is 0. The normalized spacial score (nSPS) is 13.1. The Morgan fingerprint density at radius 1 is 1.05 bits per heavy atom. The van der Waals surface area contributed by atoms with E-state index < -0.39 is 0 Å². The third-order valence-electron chi connectivity index (χ3n) is 3.64. The summed E-state index contributed by atoms with van der Waals surface area (Å²) in [6.07, 6.45) is 1.79. The highest BCUT2D eigenvalue weighted by Crippen LogP contribution is 2.34. The second kappa shape index (κ2) is 3.03. The Balaban J connectivity index is 1.93. The summed E-state index contributed by atoms with van der Waals surface area (Å²) in [5, 5.41) is 1.01. The van der Waals surface area contributed by atoms with Gasteiger partial charge in [0, 0.05) is 6.20 Å². The second-order valence-corrected chi connectivity index (χ2v) is 4.74. The van der Waals surface area contributed by atoms with Gasteiger partial charge in [0.25, 0.3) is 5.58 Å². The molecule has 4 heterocycles. The number of benzene rings is 1. The van der Waals surface area contributed by atoms with Gasteiger partial charge in [-0.25, -0.2) is 4.98 Å². The van der Waals surface area contributed by atoms with Crippen molar-refractivity contribution in [2.45, 2.75) is 6.54 Å². The number of fused-ring (bicyclic) bond motifs is 7. The maximum atomic E-state index is 6.00. The van der Waals surface area contributed by atoms with Crippen molar-refractivity contribution in [1.29, 1.82) is 0 Å². The van der Waals surface area contributed by atoms with Crippen LogP contribution < -0.4 is 4.57 Å². The quantitative estimate of drug-likeness (QED) is 0.396. The molecule has 0 spiro atoms. The fourth-order valence-electron chi connectivity index (χ4n) is 2.78. The summed E-state index contributed by atoms with van der Waals surface area (Å²) < 4.78 is 14.0. The summed E-state index contributed by atoms with van der Waals surface area (Å²) in [7, 11) is 0. The van der Waals surface area contributed by atoms with E-state index in [0.717, 1.165) is 40.4 Å². The zero-order chi connectivity index (χ0) is 12.4. The van der Waals surface area contributed by atoms with Crippen LogP contribution in [0, 0.1) is 0 Å². The van der Waals surface area contributed by atoms with Crippen LogP contribution in [0.1, 0.15) is 5.56 Å². The standard InChI is InChI=1S/C15H9N2O2/c1-2-6-11-10(5-1)13-15(18-11)17-8-9-4-3-7-16-12(9)14(17)19-13/h1-7H,8H2/q+1. The summed E-state index contributed by atoms with van der Waals surface area (Å²) >= 11 is 0. The highest BCUT2D eigenvalue weighted by molar-refractivity contribution is 5.99. The number of hydrogen-bond acceptors (Lipinski definition) is 3. The molecule has 3 aromatic heterocycles. The molecule has 19 heavy (non-hydrogen) atoms. The Morgan fingerprint density at radius 3 is 3.00 bits per heavy atom. The minimum atomic E-state index is 0.755. The van der Waals surface area contributed by atoms with Gasteiger partial charge < -0.3 is 8.83 Å². The Kier molecular flexibility index (Phi) is 1.49. The molecule has 0 aliphatic carbocycles. The van der Waals surface area contributed by atoms with Crippen LogP contribution in [0.4, 0.5) is 0 Å². The van der Waals surface area contributed by atoms with Crippen LogP contribution in [0.3, 0.4) is 0 Å². The lowest BCUT2D eigenvalue weighted by molar-refractivity contribution is -0.655. The number of nitrogens with zero attached hydrogens (tertiary/aromatic N) is 2. The van der Waals surface area contributed by atoms with Crippen LogP contribution in [0.5, 0.6) is 0 Å². The smallest absolute Gasteiger partial charge is 0.401 e. The SMILES string of the molecule is c1cnc2c(c1)C[n+]1c-2oc2c3ccccc3oc21. The minimum Gasteiger partial charge on any atom is -0.401 e. The van der Waals surface area contributed by atoms with Gasteiger partial charge in [-0.2, -0.15) is 0 Å². The van der Waals surface area contributed by atoms with Crippen LogP contribution in [-0.2, 0) is 6.54 Å². The summed E-state index contributed by atoms with van der Waals surface area (Å²) in [4.78, 5) is 4.40.